The number of nitrogens with two attached hydrogens (primary N) is 1. The molecule has 0 aromatic carbocycles. The maximum absolute atomic E-state index is 12.5. The van der Waals surface area contributed by atoms with Crippen LogP contribution in [0.4, 0.5) is 0 Å². The van der Waals surface area contributed by atoms with E-state index in [1.807, 2.05) is 6.92 Å². The summed E-state index contributed by atoms with van der Waals surface area (Å²) in [4.78, 5) is 4.08. The number of amidine groups is 1. The minimum Gasteiger partial charge on any atom is -0.409 e. The average Bonchev–Trinajstić information content (AvgIpc) is 3.05. The molecule has 4 N–H and O–H groups in total. The Morgan fingerprint density at radius 3 is 2.67 bits per heavy atom. The first-order valence-electron chi connectivity index (χ1n) is 6.90. The normalized spacial score (nSPS) is 19.0. The number of hydrogen-bond acceptors (Lipinski definition) is 5. The van der Waals surface area contributed by atoms with Crippen molar-refractivity contribution < 1.29 is 13.6 Å². The molecule has 0 aliphatic heterocycles. The van der Waals surface area contributed by atoms with Crippen molar-refractivity contribution in [3.05, 3.63) is 12.0 Å². The van der Waals surface area contributed by atoms with Gasteiger partial charge in [0.1, 0.15) is 5.82 Å². The molecule has 0 radical (unpaired) electrons. The van der Waals surface area contributed by atoms with Gasteiger partial charge in [-0.3, -0.25) is 0 Å². The number of oxime groups is 1. The monoisotopic (exact) mass is 315 g/mol. The van der Waals surface area contributed by atoms with Crippen LogP contribution in [0.1, 0.15) is 38.4 Å². The Kier molecular flexibility index (Phi) is 4.24. The molecular formula is C12H21N5O3S. The molecule has 1 saturated carbocycles. The van der Waals surface area contributed by atoms with E-state index in [1.165, 1.54) is 6.20 Å². The predicted molar refractivity (Wildman–Crippen MR) is 77.6 cm³/mol. The summed E-state index contributed by atoms with van der Waals surface area (Å²) >= 11 is 0. The van der Waals surface area contributed by atoms with Crippen LogP contribution >= 0.6 is 0 Å². The van der Waals surface area contributed by atoms with E-state index in [2.05, 4.69) is 14.9 Å². The highest BCUT2D eigenvalue weighted by atomic mass is 32.2. The minimum absolute atomic E-state index is 0.0427. The highest BCUT2D eigenvalue weighted by Crippen LogP contribution is 2.31. The van der Waals surface area contributed by atoms with Crippen LogP contribution in [0.25, 0.3) is 0 Å². The molecule has 1 heterocycles. The van der Waals surface area contributed by atoms with E-state index in [0.29, 0.717) is 25.2 Å². The second-order valence-electron chi connectivity index (χ2n) is 5.29. The van der Waals surface area contributed by atoms with Crippen molar-refractivity contribution in [2.75, 3.05) is 0 Å². The van der Waals surface area contributed by atoms with Gasteiger partial charge >= 0.3 is 0 Å². The summed E-state index contributed by atoms with van der Waals surface area (Å²) in [6, 6.07) is 0. The van der Waals surface area contributed by atoms with E-state index in [0.717, 1.165) is 12.8 Å². The second kappa shape index (κ2) is 5.64. The van der Waals surface area contributed by atoms with Gasteiger partial charge in [-0.2, -0.15) is 4.72 Å². The molecule has 118 valence electrons. The summed E-state index contributed by atoms with van der Waals surface area (Å²) < 4.78 is 29.4. The molecule has 0 unspecified atom stereocenters. The third-order valence-electron chi connectivity index (χ3n) is 3.95. The van der Waals surface area contributed by atoms with Gasteiger partial charge in [-0.25, -0.2) is 13.4 Å². The van der Waals surface area contributed by atoms with Crippen LogP contribution in [-0.4, -0.2) is 34.6 Å². The summed E-state index contributed by atoms with van der Waals surface area (Å²) in [7, 11) is -3.82. The fraction of sp³-hybridized carbons (Fsp3) is 0.667. The third kappa shape index (κ3) is 2.88. The Hall–Kier alpha value is -1.61. The van der Waals surface area contributed by atoms with Crippen molar-refractivity contribution in [2.45, 2.75) is 56.6 Å². The lowest BCUT2D eigenvalue weighted by atomic mass is 9.98. The molecule has 1 aromatic rings. The topological polar surface area (TPSA) is 123 Å². The van der Waals surface area contributed by atoms with Crippen molar-refractivity contribution in [3.8, 4) is 0 Å². The summed E-state index contributed by atoms with van der Waals surface area (Å²) in [6.45, 7) is 4.30. The Balaban J connectivity index is 2.35. The zero-order chi connectivity index (χ0) is 15.7. The number of hydrogen-bond donors (Lipinski definition) is 3. The molecule has 9 heteroatoms. The van der Waals surface area contributed by atoms with Crippen LogP contribution in [0.5, 0.6) is 0 Å². The Morgan fingerprint density at radius 1 is 1.57 bits per heavy atom. The standard InChI is InChI=1S/C12H21N5O3S/c1-3-17-8-10(14-9(17)2)21(19,20)16-12(11(13)15-18)6-4-5-7-12/h8,16,18H,3-7H2,1-2H3,(H2,13,15). The molecule has 0 spiro atoms. The third-order valence-corrected chi connectivity index (χ3v) is 5.36. The van der Waals surface area contributed by atoms with Crippen LogP contribution in [0.15, 0.2) is 16.4 Å². The Bertz CT molecular complexity index is 644. The van der Waals surface area contributed by atoms with Crippen molar-refractivity contribution in [2.24, 2.45) is 10.9 Å². The van der Waals surface area contributed by atoms with Crippen molar-refractivity contribution in [3.63, 3.8) is 0 Å². The van der Waals surface area contributed by atoms with Gasteiger partial charge in [-0.05, 0) is 26.7 Å². The van der Waals surface area contributed by atoms with E-state index >= 15 is 0 Å². The van der Waals surface area contributed by atoms with E-state index in [-0.39, 0.29) is 10.9 Å². The zero-order valence-corrected chi connectivity index (χ0v) is 13.0. The van der Waals surface area contributed by atoms with Gasteiger partial charge < -0.3 is 15.5 Å². The highest BCUT2D eigenvalue weighted by Gasteiger charge is 2.42. The largest absolute Gasteiger partial charge is 0.409 e. The quantitative estimate of drug-likeness (QED) is 0.317. The lowest BCUT2D eigenvalue weighted by Crippen LogP contribution is -2.55. The van der Waals surface area contributed by atoms with E-state index < -0.39 is 15.6 Å². The van der Waals surface area contributed by atoms with E-state index in [1.54, 1.807) is 11.5 Å². The number of rotatable bonds is 5. The van der Waals surface area contributed by atoms with Gasteiger partial charge in [0.05, 0.1) is 5.54 Å². The minimum atomic E-state index is -3.82. The molecule has 8 nitrogen and oxygen atoms in total. The molecule has 0 amide bonds. The summed E-state index contributed by atoms with van der Waals surface area (Å²) in [5, 5.41) is 11.9. The molecule has 0 saturated heterocycles. The van der Waals surface area contributed by atoms with E-state index in [4.69, 9.17) is 10.9 Å². The summed E-state index contributed by atoms with van der Waals surface area (Å²) in [6.07, 6.45) is 4.15. The molecule has 1 aromatic heterocycles. The molecule has 1 aliphatic carbocycles. The van der Waals surface area contributed by atoms with Gasteiger partial charge in [0, 0.05) is 12.7 Å². The molecular weight excluding hydrogens is 294 g/mol. The van der Waals surface area contributed by atoms with Crippen LogP contribution in [0.3, 0.4) is 0 Å². The second-order valence-corrected chi connectivity index (χ2v) is 6.92. The fourth-order valence-electron chi connectivity index (χ4n) is 2.72. The number of imidazole rings is 1. The molecule has 1 fully saturated rings. The lowest BCUT2D eigenvalue weighted by molar-refractivity contribution is 0.309. The van der Waals surface area contributed by atoms with Crippen LogP contribution < -0.4 is 10.5 Å². The fourth-order valence-corrected chi connectivity index (χ4v) is 4.17. The van der Waals surface area contributed by atoms with Crippen LogP contribution in [0.2, 0.25) is 0 Å². The first-order chi connectivity index (χ1) is 9.84. The Labute approximate surface area is 124 Å². The lowest BCUT2D eigenvalue weighted by Gasteiger charge is -2.27. The summed E-state index contributed by atoms with van der Waals surface area (Å²) in [5.74, 6) is 0.525. The highest BCUT2D eigenvalue weighted by molar-refractivity contribution is 7.89. The van der Waals surface area contributed by atoms with E-state index in [9.17, 15) is 8.42 Å². The molecule has 21 heavy (non-hydrogen) atoms. The molecule has 2 rings (SSSR count). The Morgan fingerprint density at radius 2 is 2.19 bits per heavy atom. The van der Waals surface area contributed by atoms with Crippen LogP contribution in [0, 0.1) is 6.92 Å². The van der Waals surface area contributed by atoms with Crippen molar-refractivity contribution in [1.29, 1.82) is 0 Å². The maximum atomic E-state index is 12.5. The SMILES string of the molecule is CCn1cc(S(=O)(=O)NC2(C(N)=NO)CCCC2)nc1C. The van der Waals surface area contributed by atoms with Crippen LogP contribution in [-0.2, 0) is 16.6 Å². The average molecular weight is 315 g/mol. The first kappa shape index (κ1) is 15.8. The number of aromatic nitrogens is 2. The number of nitrogens with one attached hydrogen (secondary N) is 1. The number of sulfonamides is 1. The maximum Gasteiger partial charge on any atom is 0.260 e. The van der Waals surface area contributed by atoms with Gasteiger partial charge in [0.25, 0.3) is 10.0 Å². The molecule has 1 aliphatic rings. The van der Waals surface area contributed by atoms with Gasteiger partial charge in [-0.1, -0.05) is 18.0 Å². The first-order valence-corrected chi connectivity index (χ1v) is 8.39. The molecule has 0 atom stereocenters. The number of nitrogens with zero attached hydrogens (tertiary/aromatic N) is 3. The van der Waals surface area contributed by atoms with Crippen molar-refractivity contribution in [1.82, 2.24) is 14.3 Å². The van der Waals surface area contributed by atoms with Gasteiger partial charge in [-0.15, -0.1) is 0 Å². The van der Waals surface area contributed by atoms with Gasteiger partial charge in [0.15, 0.2) is 10.9 Å². The predicted octanol–water partition coefficient (Wildman–Crippen LogP) is 0.549. The molecule has 0 bridgehead atoms. The zero-order valence-electron chi connectivity index (χ0n) is 12.2. The van der Waals surface area contributed by atoms with Crippen molar-refractivity contribution >= 4 is 15.9 Å². The number of aryl methyl sites for hydroxylation is 2. The summed E-state index contributed by atoms with van der Waals surface area (Å²) in [5.41, 5.74) is 4.69. The van der Waals surface area contributed by atoms with Gasteiger partial charge in [0.2, 0.25) is 0 Å². The smallest absolute Gasteiger partial charge is 0.260 e.